The van der Waals surface area contributed by atoms with Crippen LogP contribution >= 0.6 is 22.9 Å². The number of halogens is 1. The average Bonchev–Trinajstić information content (AvgIpc) is 3.46. The molecule has 32 heavy (non-hydrogen) atoms. The summed E-state index contributed by atoms with van der Waals surface area (Å²) in [5, 5.41) is 20.3. The van der Waals surface area contributed by atoms with E-state index in [1.165, 1.54) is 24.3 Å². The number of aromatic nitrogens is 5. The molecule has 0 radical (unpaired) electrons. The van der Waals surface area contributed by atoms with E-state index >= 15 is 0 Å². The maximum atomic E-state index is 11.9. The molecule has 0 saturated carbocycles. The van der Waals surface area contributed by atoms with E-state index in [0.717, 1.165) is 4.80 Å². The fourth-order valence-corrected chi connectivity index (χ4v) is 3.78. The second kappa shape index (κ2) is 8.32. The van der Waals surface area contributed by atoms with Crippen LogP contribution in [0.2, 0.25) is 5.02 Å². The summed E-state index contributed by atoms with van der Waals surface area (Å²) in [6.07, 6.45) is 0. The Hall–Kier alpha value is -3.90. The van der Waals surface area contributed by atoms with E-state index in [2.05, 4.69) is 20.2 Å². The molecule has 0 aliphatic rings. The van der Waals surface area contributed by atoms with Crippen molar-refractivity contribution in [2.75, 3.05) is 0 Å². The van der Waals surface area contributed by atoms with E-state index in [0.29, 0.717) is 21.3 Å². The van der Waals surface area contributed by atoms with E-state index in [9.17, 15) is 19.5 Å². The molecular weight excluding hydrogens is 460 g/mol. The van der Waals surface area contributed by atoms with Crippen LogP contribution in [0.1, 0.15) is 43.4 Å². The number of carbonyl (C=O) groups excluding carboxylic acids is 2. The zero-order chi connectivity index (χ0) is 23.0. The lowest BCUT2D eigenvalue weighted by molar-refractivity contribution is 0.0691. The highest BCUT2D eigenvalue weighted by Crippen LogP contribution is 2.31. The predicted molar refractivity (Wildman–Crippen MR) is 113 cm³/mol. The van der Waals surface area contributed by atoms with Gasteiger partial charge < -0.3 is 15.3 Å². The third-order valence-corrected chi connectivity index (χ3v) is 5.27. The van der Waals surface area contributed by atoms with Gasteiger partial charge in [-0.2, -0.15) is 9.78 Å². The Morgan fingerprint density at radius 2 is 2.00 bits per heavy atom. The van der Waals surface area contributed by atoms with Gasteiger partial charge in [0, 0.05) is 22.9 Å². The number of carboxylic acid groups (broad SMARTS) is 1. The second-order valence-corrected chi connectivity index (χ2v) is 7.87. The van der Waals surface area contributed by atoms with Gasteiger partial charge in [-0.1, -0.05) is 23.7 Å². The summed E-state index contributed by atoms with van der Waals surface area (Å²) in [5.74, 6) is -2.75. The van der Waals surface area contributed by atoms with Gasteiger partial charge in [0.25, 0.3) is 11.8 Å². The number of ketones is 1. The van der Waals surface area contributed by atoms with Gasteiger partial charge in [-0.3, -0.25) is 9.59 Å². The Morgan fingerprint density at radius 3 is 2.62 bits per heavy atom. The number of hydrogen-bond donors (Lipinski definition) is 2. The molecule has 0 bridgehead atoms. The molecule has 0 unspecified atom stereocenters. The number of thiazole rings is 1. The monoisotopic (exact) mass is 472 g/mol. The zero-order valence-electron chi connectivity index (χ0n) is 16.3. The largest absolute Gasteiger partial charge is 0.476 e. The summed E-state index contributed by atoms with van der Waals surface area (Å²) >= 11 is 7.22. The van der Waals surface area contributed by atoms with Crippen LogP contribution in [-0.4, -0.2) is 47.7 Å². The van der Waals surface area contributed by atoms with Gasteiger partial charge in [0.05, 0.1) is 0 Å². The number of nitrogens with zero attached hydrogens (tertiary/aromatic N) is 5. The van der Waals surface area contributed by atoms with Gasteiger partial charge in [-0.05, 0) is 12.1 Å². The molecule has 162 valence electrons. The highest BCUT2D eigenvalue weighted by Gasteiger charge is 2.27. The summed E-state index contributed by atoms with van der Waals surface area (Å²) in [6, 6.07) is 6.36. The third kappa shape index (κ3) is 4.13. The second-order valence-electron chi connectivity index (χ2n) is 6.49. The molecule has 4 aromatic rings. The van der Waals surface area contributed by atoms with Gasteiger partial charge in [0.1, 0.15) is 17.2 Å². The highest BCUT2D eigenvalue weighted by molar-refractivity contribution is 7.09. The van der Waals surface area contributed by atoms with Crippen molar-refractivity contribution in [2.24, 2.45) is 5.73 Å². The molecule has 0 atom stereocenters. The quantitative estimate of drug-likeness (QED) is 0.384. The lowest BCUT2D eigenvalue weighted by atomic mass is 10.1. The van der Waals surface area contributed by atoms with Crippen LogP contribution in [0, 0.1) is 0 Å². The topological polar surface area (TPSA) is 167 Å². The number of carbonyl (C=O) groups is 3. The molecule has 3 heterocycles. The summed E-state index contributed by atoms with van der Waals surface area (Å²) in [4.78, 5) is 44.4. The first-order valence-electron chi connectivity index (χ1n) is 8.93. The minimum atomic E-state index is -1.34. The molecule has 1 aromatic carbocycles. The standard InChI is InChI=1S/C19H13ClN6O5S/c1-8(27)11-7-32-12(22-11)6-26-24-13(17(21)28)14(25-26)18-23-15(19(29)30)16(31-18)9-3-2-4-10(20)5-9/h2-5,7H,6H2,1H3,(H2,21,28)(H,29,30). The molecule has 0 aliphatic carbocycles. The van der Waals surface area contributed by atoms with Crippen molar-refractivity contribution in [3.8, 4) is 22.9 Å². The number of amides is 1. The number of rotatable bonds is 7. The van der Waals surface area contributed by atoms with Gasteiger partial charge in [0.2, 0.25) is 0 Å². The molecular formula is C19H13ClN6O5S. The Balaban J connectivity index is 1.77. The van der Waals surface area contributed by atoms with Crippen LogP contribution in [0.3, 0.4) is 0 Å². The Morgan fingerprint density at radius 1 is 1.22 bits per heavy atom. The first-order chi connectivity index (χ1) is 15.2. The fraction of sp³-hybridized carbons (Fsp3) is 0.105. The number of nitrogens with two attached hydrogens (primary N) is 1. The van der Waals surface area contributed by atoms with E-state index in [4.69, 9.17) is 21.8 Å². The van der Waals surface area contributed by atoms with Crippen LogP contribution < -0.4 is 5.73 Å². The van der Waals surface area contributed by atoms with Gasteiger partial charge in [0.15, 0.2) is 28.6 Å². The van der Waals surface area contributed by atoms with E-state index in [-0.39, 0.29) is 35.4 Å². The molecule has 0 saturated heterocycles. The van der Waals surface area contributed by atoms with Crippen molar-refractivity contribution in [1.29, 1.82) is 0 Å². The minimum absolute atomic E-state index is 0.0475. The van der Waals surface area contributed by atoms with Crippen LogP contribution in [0.4, 0.5) is 0 Å². The maximum absolute atomic E-state index is 11.9. The SMILES string of the molecule is CC(=O)c1csc(Cn2nc(C(N)=O)c(-c3nc(C(=O)O)c(-c4cccc(Cl)c4)o3)n2)n1. The van der Waals surface area contributed by atoms with Crippen LogP contribution in [-0.2, 0) is 6.54 Å². The van der Waals surface area contributed by atoms with Crippen molar-refractivity contribution in [3.63, 3.8) is 0 Å². The van der Waals surface area contributed by atoms with Gasteiger partial charge in [-0.15, -0.1) is 21.5 Å². The van der Waals surface area contributed by atoms with Crippen LogP contribution in [0.5, 0.6) is 0 Å². The molecule has 13 heteroatoms. The normalized spacial score (nSPS) is 10.9. The summed E-state index contributed by atoms with van der Waals surface area (Å²) in [5.41, 5.74) is 5.32. The van der Waals surface area contributed by atoms with Gasteiger partial charge in [-0.25, -0.2) is 9.78 Å². The Kier molecular flexibility index (Phi) is 5.55. The maximum Gasteiger partial charge on any atom is 0.358 e. The summed E-state index contributed by atoms with van der Waals surface area (Å²) < 4.78 is 5.66. The van der Waals surface area contributed by atoms with E-state index in [1.54, 1.807) is 23.6 Å². The van der Waals surface area contributed by atoms with Gasteiger partial charge >= 0.3 is 5.97 Å². The Labute approximate surface area is 188 Å². The van der Waals surface area contributed by atoms with Crippen LogP contribution in [0.25, 0.3) is 22.9 Å². The van der Waals surface area contributed by atoms with Crippen molar-refractivity contribution in [2.45, 2.75) is 13.5 Å². The summed E-state index contributed by atoms with van der Waals surface area (Å²) in [6.45, 7) is 1.44. The smallest absolute Gasteiger partial charge is 0.358 e. The highest BCUT2D eigenvalue weighted by atomic mass is 35.5. The number of Topliss-reactive ketones (excluding diaryl/α,β-unsaturated/α-hetero) is 1. The zero-order valence-corrected chi connectivity index (χ0v) is 17.8. The molecule has 4 rings (SSSR count). The number of carboxylic acids is 1. The number of primary amides is 1. The average molecular weight is 473 g/mol. The van der Waals surface area contributed by atoms with Crippen LogP contribution in [0.15, 0.2) is 34.1 Å². The van der Waals surface area contributed by atoms with Crippen molar-refractivity contribution in [1.82, 2.24) is 25.0 Å². The molecule has 1 amide bonds. The number of aromatic carboxylic acids is 1. The third-order valence-electron chi connectivity index (χ3n) is 4.20. The van der Waals surface area contributed by atoms with Crippen molar-refractivity contribution >= 4 is 40.6 Å². The number of benzene rings is 1. The fourth-order valence-electron chi connectivity index (χ4n) is 2.79. The Bertz CT molecular complexity index is 1370. The van der Waals surface area contributed by atoms with Crippen molar-refractivity contribution < 1.29 is 23.9 Å². The summed E-state index contributed by atoms with van der Waals surface area (Å²) in [7, 11) is 0. The lowest BCUT2D eigenvalue weighted by Gasteiger charge is -1.98. The van der Waals surface area contributed by atoms with E-state index < -0.39 is 17.6 Å². The molecule has 11 nitrogen and oxygen atoms in total. The minimum Gasteiger partial charge on any atom is -0.476 e. The first kappa shape index (κ1) is 21.3. The molecule has 0 aliphatic heterocycles. The lowest BCUT2D eigenvalue weighted by Crippen LogP contribution is -2.14. The predicted octanol–water partition coefficient (Wildman–Crippen LogP) is 2.76. The number of oxazole rings is 1. The molecule has 0 fully saturated rings. The molecule has 3 N–H and O–H groups in total. The van der Waals surface area contributed by atoms with E-state index in [1.807, 2.05) is 0 Å². The molecule has 3 aromatic heterocycles. The number of hydrogen-bond acceptors (Lipinski definition) is 9. The van der Waals surface area contributed by atoms with Crippen molar-refractivity contribution in [3.05, 3.63) is 56.8 Å². The first-order valence-corrected chi connectivity index (χ1v) is 10.2. The molecule has 0 spiro atoms.